The standard InChI is InChI=1S/C13H17F3N2O/c14-13(15,16)7-3-5-10(18-17)12-8-9-4-1-2-6-11(9)19-12/h1-2,4,6,10,12,18H,3,5,7-8,17H2. The molecule has 0 aliphatic carbocycles. The van der Waals surface area contributed by atoms with Crippen LogP contribution in [0.15, 0.2) is 24.3 Å². The highest BCUT2D eigenvalue weighted by atomic mass is 19.4. The molecular weight excluding hydrogens is 257 g/mol. The summed E-state index contributed by atoms with van der Waals surface area (Å²) >= 11 is 0. The zero-order chi connectivity index (χ0) is 13.9. The number of hydrazine groups is 1. The van der Waals surface area contributed by atoms with Gasteiger partial charge in [-0.2, -0.15) is 13.2 Å². The number of para-hydroxylation sites is 1. The van der Waals surface area contributed by atoms with E-state index in [2.05, 4.69) is 5.43 Å². The summed E-state index contributed by atoms with van der Waals surface area (Å²) in [5, 5.41) is 0. The lowest BCUT2D eigenvalue weighted by Crippen LogP contribution is -2.46. The molecule has 0 saturated heterocycles. The largest absolute Gasteiger partial charge is 0.488 e. The number of rotatable bonds is 5. The maximum atomic E-state index is 12.1. The molecular formula is C13H17F3N2O. The van der Waals surface area contributed by atoms with Crippen molar-refractivity contribution >= 4 is 0 Å². The monoisotopic (exact) mass is 274 g/mol. The van der Waals surface area contributed by atoms with Crippen molar-refractivity contribution < 1.29 is 17.9 Å². The van der Waals surface area contributed by atoms with Crippen LogP contribution in [0.2, 0.25) is 0 Å². The third-order valence-electron chi connectivity index (χ3n) is 3.31. The van der Waals surface area contributed by atoms with Gasteiger partial charge in [-0.15, -0.1) is 0 Å². The molecule has 0 amide bonds. The van der Waals surface area contributed by atoms with Crippen molar-refractivity contribution in [3.8, 4) is 5.75 Å². The Labute approximate surface area is 109 Å². The molecule has 19 heavy (non-hydrogen) atoms. The van der Waals surface area contributed by atoms with Gasteiger partial charge >= 0.3 is 6.18 Å². The average molecular weight is 274 g/mol. The molecule has 0 saturated carbocycles. The van der Waals surface area contributed by atoms with Gasteiger partial charge in [0.05, 0.1) is 6.04 Å². The zero-order valence-electron chi connectivity index (χ0n) is 10.4. The Kier molecular flexibility index (Phi) is 4.31. The SMILES string of the molecule is NNC(CCCC(F)(F)F)C1Cc2ccccc2O1. The highest BCUT2D eigenvalue weighted by Crippen LogP contribution is 2.31. The van der Waals surface area contributed by atoms with E-state index in [-0.39, 0.29) is 18.6 Å². The lowest BCUT2D eigenvalue weighted by Gasteiger charge is -2.22. The van der Waals surface area contributed by atoms with Crippen LogP contribution in [0.5, 0.6) is 5.75 Å². The third-order valence-corrected chi connectivity index (χ3v) is 3.31. The Hall–Kier alpha value is -1.27. The number of nitrogens with one attached hydrogen (secondary N) is 1. The quantitative estimate of drug-likeness (QED) is 0.641. The first kappa shape index (κ1) is 14.1. The Morgan fingerprint density at radius 2 is 2.11 bits per heavy atom. The fraction of sp³-hybridized carbons (Fsp3) is 0.538. The summed E-state index contributed by atoms with van der Waals surface area (Å²) in [6, 6.07) is 7.33. The Morgan fingerprint density at radius 1 is 1.37 bits per heavy atom. The number of alkyl halides is 3. The number of halogens is 3. The second-order valence-corrected chi connectivity index (χ2v) is 4.75. The molecule has 0 bridgehead atoms. The van der Waals surface area contributed by atoms with Crippen LogP contribution in [0.1, 0.15) is 24.8 Å². The molecule has 1 aliphatic heterocycles. The van der Waals surface area contributed by atoms with E-state index < -0.39 is 12.6 Å². The molecule has 2 unspecified atom stereocenters. The summed E-state index contributed by atoms with van der Waals surface area (Å²) in [6.45, 7) is 0. The number of ether oxygens (including phenoxy) is 1. The van der Waals surface area contributed by atoms with Gasteiger partial charge in [-0.1, -0.05) is 18.2 Å². The predicted molar refractivity (Wildman–Crippen MR) is 65.6 cm³/mol. The van der Waals surface area contributed by atoms with E-state index in [9.17, 15) is 13.2 Å². The summed E-state index contributed by atoms with van der Waals surface area (Å²) in [7, 11) is 0. The maximum absolute atomic E-state index is 12.1. The van der Waals surface area contributed by atoms with E-state index in [0.717, 1.165) is 11.3 Å². The summed E-state index contributed by atoms with van der Waals surface area (Å²) in [6.07, 6.45) is -4.03. The topological polar surface area (TPSA) is 47.3 Å². The molecule has 106 valence electrons. The predicted octanol–water partition coefficient (Wildman–Crippen LogP) is 2.55. The first-order valence-electron chi connectivity index (χ1n) is 6.27. The summed E-state index contributed by atoms with van der Waals surface area (Å²) in [5.41, 5.74) is 3.65. The van der Waals surface area contributed by atoms with Crippen LogP contribution in [0.25, 0.3) is 0 Å². The highest BCUT2D eigenvalue weighted by molar-refractivity contribution is 5.37. The van der Waals surface area contributed by atoms with Gasteiger partial charge in [-0.3, -0.25) is 11.3 Å². The number of hydrogen-bond donors (Lipinski definition) is 2. The first-order valence-corrected chi connectivity index (χ1v) is 6.27. The van der Waals surface area contributed by atoms with Crippen molar-refractivity contribution in [3.05, 3.63) is 29.8 Å². The molecule has 1 heterocycles. The van der Waals surface area contributed by atoms with Gasteiger partial charge in [0.2, 0.25) is 0 Å². The normalized spacial score (nSPS) is 19.9. The summed E-state index contributed by atoms with van der Waals surface area (Å²) in [5.74, 6) is 6.22. The molecule has 0 aromatic heterocycles. The van der Waals surface area contributed by atoms with Crippen LogP contribution >= 0.6 is 0 Å². The van der Waals surface area contributed by atoms with Crippen molar-refractivity contribution in [2.75, 3.05) is 0 Å². The molecule has 1 aromatic carbocycles. The molecule has 1 aromatic rings. The van der Waals surface area contributed by atoms with E-state index in [1.54, 1.807) is 0 Å². The smallest absolute Gasteiger partial charge is 0.389 e. The summed E-state index contributed by atoms with van der Waals surface area (Å²) < 4.78 is 42.1. The zero-order valence-corrected chi connectivity index (χ0v) is 10.4. The van der Waals surface area contributed by atoms with E-state index in [1.807, 2.05) is 24.3 Å². The van der Waals surface area contributed by atoms with Gasteiger partial charge in [-0.25, -0.2) is 0 Å². The first-order chi connectivity index (χ1) is 8.99. The molecule has 3 N–H and O–H groups in total. The number of hydrogen-bond acceptors (Lipinski definition) is 3. The van der Waals surface area contributed by atoms with Gasteiger partial charge in [0.1, 0.15) is 11.9 Å². The fourth-order valence-corrected chi connectivity index (χ4v) is 2.33. The van der Waals surface area contributed by atoms with Crippen molar-refractivity contribution in [2.24, 2.45) is 5.84 Å². The minimum absolute atomic E-state index is 0.0502. The summed E-state index contributed by atoms with van der Waals surface area (Å²) in [4.78, 5) is 0. The minimum Gasteiger partial charge on any atom is -0.488 e. The van der Waals surface area contributed by atoms with E-state index in [4.69, 9.17) is 10.6 Å². The van der Waals surface area contributed by atoms with Crippen LogP contribution in [-0.2, 0) is 6.42 Å². The molecule has 0 spiro atoms. The second kappa shape index (κ2) is 5.79. The molecule has 0 fully saturated rings. The molecule has 2 rings (SSSR count). The third kappa shape index (κ3) is 3.84. The van der Waals surface area contributed by atoms with Crippen molar-refractivity contribution in [2.45, 2.75) is 44.0 Å². The fourth-order valence-electron chi connectivity index (χ4n) is 2.33. The van der Waals surface area contributed by atoms with E-state index in [0.29, 0.717) is 12.8 Å². The second-order valence-electron chi connectivity index (χ2n) is 4.75. The van der Waals surface area contributed by atoms with Crippen LogP contribution in [0.4, 0.5) is 13.2 Å². The van der Waals surface area contributed by atoms with Crippen LogP contribution in [0, 0.1) is 0 Å². The maximum Gasteiger partial charge on any atom is 0.389 e. The molecule has 3 nitrogen and oxygen atoms in total. The minimum atomic E-state index is -4.11. The van der Waals surface area contributed by atoms with Crippen molar-refractivity contribution in [1.29, 1.82) is 0 Å². The molecule has 6 heteroatoms. The van der Waals surface area contributed by atoms with Gasteiger partial charge in [0.25, 0.3) is 0 Å². The van der Waals surface area contributed by atoms with Gasteiger partial charge in [0, 0.05) is 12.8 Å². The number of benzene rings is 1. The van der Waals surface area contributed by atoms with Crippen LogP contribution in [0.3, 0.4) is 0 Å². The van der Waals surface area contributed by atoms with Crippen LogP contribution < -0.4 is 16.0 Å². The molecule has 1 aliphatic rings. The Bertz CT molecular complexity index is 398. The average Bonchev–Trinajstić information content (AvgIpc) is 2.76. The Morgan fingerprint density at radius 3 is 2.74 bits per heavy atom. The number of fused-ring (bicyclic) bond motifs is 1. The van der Waals surface area contributed by atoms with Gasteiger partial charge < -0.3 is 4.74 Å². The van der Waals surface area contributed by atoms with Gasteiger partial charge in [-0.05, 0) is 24.5 Å². The Balaban J connectivity index is 1.87. The van der Waals surface area contributed by atoms with Gasteiger partial charge in [0.15, 0.2) is 0 Å². The van der Waals surface area contributed by atoms with Crippen LogP contribution in [-0.4, -0.2) is 18.3 Å². The number of nitrogens with two attached hydrogens (primary N) is 1. The van der Waals surface area contributed by atoms with Crippen molar-refractivity contribution in [3.63, 3.8) is 0 Å². The van der Waals surface area contributed by atoms with E-state index >= 15 is 0 Å². The molecule has 2 atom stereocenters. The lowest BCUT2D eigenvalue weighted by molar-refractivity contribution is -0.136. The highest BCUT2D eigenvalue weighted by Gasteiger charge is 2.31. The lowest BCUT2D eigenvalue weighted by atomic mass is 10.00. The molecule has 0 radical (unpaired) electrons. The van der Waals surface area contributed by atoms with E-state index in [1.165, 1.54) is 0 Å². The van der Waals surface area contributed by atoms with Crippen molar-refractivity contribution in [1.82, 2.24) is 5.43 Å².